The molecule has 35 heavy (non-hydrogen) atoms. The Hall–Kier alpha value is -2.60. The highest BCUT2D eigenvalue weighted by Crippen LogP contribution is 2.60. The second kappa shape index (κ2) is 10.2. The second-order valence-electron chi connectivity index (χ2n) is 11.2. The molecule has 4 saturated carbocycles. The highest BCUT2D eigenvalue weighted by molar-refractivity contribution is 5.88. The van der Waals surface area contributed by atoms with Crippen molar-refractivity contribution in [3.63, 3.8) is 0 Å². The van der Waals surface area contributed by atoms with Gasteiger partial charge in [-0.1, -0.05) is 30.3 Å². The van der Waals surface area contributed by atoms with E-state index in [1.165, 1.54) is 19.3 Å². The Morgan fingerprint density at radius 3 is 2.17 bits per heavy atom. The van der Waals surface area contributed by atoms with Gasteiger partial charge in [0.15, 0.2) is 0 Å². The molecule has 2 amide bonds. The number of benzene rings is 1. The average molecular weight is 479 g/mol. The molecule has 188 valence electrons. The molecule has 6 nitrogen and oxygen atoms in total. The van der Waals surface area contributed by atoms with E-state index in [0.29, 0.717) is 44.0 Å². The first kappa shape index (κ1) is 24.1. The zero-order valence-corrected chi connectivity index (χ0v) is 21.1. The van der Waals surface area contributed by atoms with E-state index >= 15 is 0 Å². The summed E-state index contributed by atoms with van der Waals surface area (Å²) in [7, 11) is 1.65. The number of carbonyl (C=O) groups excluding carboxylic acids is 2. The monoisotopic (exact) mass is 478 g/mol. The van der Waals surface area contributed by atoms with Gasteiger partial charge in [-0.05, 0) is 80.9 Å². The SMILES string of the molecule is COCCN(CC(=O)N(Cc1ccccc1)Cc1ccc(C)o1)C(=O)C12CC3CC(CC(C3)C1)C2. The summed E-state index contributed by atoms with van der Waals surface area (Å²) in [6.45, 7) is 3.72. The summed E-state index contributed by atoms with van der Waals surface area (Å²) in [6.07, 6.45) is 6.85. The first-order valence-electron chi connectivity index (χ1n) is 13.1. The van der Waals surface area contributed by atoms with Crippen LogP contribution in [0, 0.1) is 30.1 Å². The van der Waals surface area contributed by atoms with Crippen molar-refractivity contribution in [2.24, 2.45) is 23.2 Å². The lowest BCUT2D eigenvalue weighted by Crippen LogP contribution is -2.56. The van der Waals surface area contributed by atoms with Crippen LogP contribution in [0.1, 0.15) is 55.6 Å². The maximum atomic E-state index is 14.1. The average Bonchev–Trinajstić information content (AvgIpc) is 3.25. The van der Waals surface area contributed by atoms with Gasteiger partial charge in [0.05, 0.1) is 25.1 Å². The quantitative estimate of drug-likeness (QED) is 0.492. The van der Waals surface area contributed by atoms with E-state index in [1.54, 1.807) is 16.9 Å². The van der Waals surface area contributed by atoms with Crippen LogP contribution in [0.2, 0.25) is 0 Å². The molecule has 6 rings (SSSR count). The molecule has 4 fully saturated rings. The molecule has 1 aromatic heterocycles. The molecule has 0 radical (unpaired) electrons. The fraction of sp³-hybridized carbons (Fsp3) is 0.586. The lowest BCUT2D eigenvalue weighted by atomic mass is 9.49. The largest absolute Gasteiger partial charge is 0.464 e. The molecule has 4 aliphatic rings. The number of amides is 2. The molecule has 2 aromatic rings. The van der Waals surface area contributed by atoms with Crippen molar-refractivity contribution >= 4 is 11.8 Å². The molecule has 1 aromatic carbocycles. The third-order valence-electron chi connectivity index (χ3n) is 8.38. The van der Waals surface area contributed by atoms with Crippen molar-refractivity contribution in [2.75, 3.05) is 26.8 Å². The van der Waals surface area contributed by atoms with Gasteiger partial charge in [0.2, 0.25) is 11.8 Å². The fourth-order valence-electron chi connectivity index (χ4n) is 7.22. The molecule has 4 bridgehead atoms. The summed E-state index contributed by atoms with van der Waals surface area (Å²) < 4.78 is 11.1. The molecule has 0 atom stereocenters. The Kier molecular flexibility index (Phi) is 7.01. The first-order valence-corrected chi connectivity index (χ1v) is 13.1. The van der Waals surface area contributed by atoms with Crippen LogP contribution in [0.4, 0.5) is 0 Å². The summed E-state index contributed by atoms with van der Waals surface area (Å²) in [5.41, 5.74) is 0.783. The predicted octanol–water partition coefficient (Wildman–Crippen LogP) is 4.81. The second-order valence-corrected chi connectivity index (χ2v) is 11.2. The van der Waals surface area contributed by atoms with Gasteiger partial charge in [-0.15, -0.1) is 0 Å². The van der Waals surface area contributed by atoms with Gasteiger partial charge in [0.1, 0.15) is 11.5 Å². The zero-order valence-electron chi connectivity index (χ0n) is 21.1. The van der Waals surface area contributed by atoms with E-state index in [0.717, 1.165) is 36.3 Å². The van der Waals surface area contributed by atoms with Crippen molar-refractivity contribution in [1.29, 1.82) is 0 Å². The highest BCUT2D eigenvalue weighted by Gasteiger charge is 2.55. The molecule has 4 aliphatic carbocycles. The van der Waals surface area contributed by atoms with Crippen molar-refractivity contribution in [3.8, 4) is 0 Å². The third-order valence-corrected chi connectivity index (χ3v) is 8.38. The van der Waals surface area contributed by atoms with E-state index in [9.17, 15) is 9.59 Å². The Morgan fingerprint density at radius 1 is 0.943 bits per heavy atom. The van der Waals surface area contributed by atoms with Gasteiger partial charge in [0, 0.05) is 20.2 Å². The minimum absolute atomic E-state index is 0.0583. The third kappa shape index (κ3) is 5.32. The van der Waals surface area contributed by atoms with Gasteiger partial charge in [0.25, 0.3) is 0 Å². The summed E-state index contributed by atoms with van der Waals surface area (Å²) >= 11 is 0. The molecule has 0 aliphatic heterocycles. The van der Waals surface area contributed by atoms with Crippen LogP contribution in [0.15, 0.2) is 46.9 Å². The number of aryl methyl sites for hydroxylation is 1. The van der Waals surface area contributed by atoms with E-state index < -0.39 is 0 Å². The number of hydrogen-bond acceptors (Lipinski definition) is 4. The van der Waals surface area contributed by atoms with Crippen molar-refractivity contribution in [3.05, 3.63) is 59.5 Å². The maximum Gasteiger partial charge on any atom is 0.242 e. The fourth-order valence-corrected chi connectivity index (χ4v) is 7.22. The molecule has 0 saturated heterocycles. The van der Waals surface area contributed by atoms with Crippen molar-refractivity contribution in [1.82, 2.24) is 9.80 Å². The Morgan fingerprint density at radius 2 is 1.60 bits per heavy atom. The van der Waals surface area contributed by atoms with Gasteiger partial charge < -0.3 is 19.0 Å². The molecule has 0 N–H and O–H groups in total. The van der Waals surface area contributed by atoms with Gasteiger partial charge in [-0.25, -0.2) is 0 Å². The van der Waals surface area contributed by atoms with Crippen LogP contribution in [-0.4, -0.2) is 48.4 Å². The summed E-state index contributed by atoms with van der Waals surface area (Å²) in [5.74, 6) is 3.74. The summed E-state index contributed by atoms with van der Waals surface area (Å²) in [6, 6.07) is 13.8. The number of ether oxygens (including phenoxy) is 1. The van der Waals surface area contributed by atoms with E-state index in [4.69, 9.17) is 9.15 Å². The Bertz CT molecular complexity index is 995. The maximum absolute atomic E-state index is 14.1. The molecule has 6 heteroatoms. The number of hydrogen-bond donors (Lipinski definition) is 0. The molecule has 0 spiro atoms. The van der Waals surface area contributed by atoms with E-state index in [-0.39, 0.29) is 23.8 Å². The van der Waals surface area contributed by atoms with Crippen LogP contribution in [0.25, 0.3) is 0 Å². The molecular weight excluding hydrogens is 440 g/mol. The minimum Gasteiger partial charge on any atom is -0.464 e. The highest BCUT2D eigenvalue weighted by atomic mass is 16.5. The van der Waals surface area contributed by atoms with Crippen molar-refractivity contribution < 1.29 is 18.7 Å². The number of carbonyl (C=O) groups is 2. The van der Waals surface area contributed by atoms with E-state index in [2.05, 4.69) is 0 Å². The number of furan rings is 1. The lowest BCUT2D eigenvalue weighted by Gasteiger charge is -2.56. The van der Waals surface area contributed by atoms with Crippen LogP contribution < -0.4 is 0 Å². The summed E-state index contributed by atoms with van der Waals surface area (Å²) in [4.78, 5) is 31.4. The zero-order chi connectivity index (χ0) is 24.4. The van der Waals surface area contributed by atoms with Gasteiger partial charge in [-0.3, -0.25) is 9.59 Å². The van der Waals surface area contributed by atoms with Crippen LogP contribution in [-0.2, 0) is 27.4 Å². The Labute approximate surface area is 208 Å². The smallest absolute Gasteiger partial charge is 0.242 e. The topological polar surface area (TPSA) is 63.0 Å². The van der Waals surface area contributed by atoms with Gasteiger partial charge in [-0.2, -0.15) is 0 Å². The number of rotatable bonds is 10. The van der Waals surface area contributed by atoms with E-state index in [1.807, 2.05) is 49.4 Å². The molecule has 1 heterocycles. The standard InChI is InChI=1S/C29H38N2O4/c1-21-8-9-26(35-21)19-31(18-22-6-4-3-5-7-22)27(32)20-30(10-11-34-2)28(33)29-15-23-12-24(16-29)14-25(13-23)17-29/h3-9,23-25H,10-20H2,1-2H3. The minimum atomic E-state index is -0.273. The molecule has 0 unspecified atom stereocenters. The van der Waals surface area contributed by atoms with Crippen LogP contribution in [0.3, 0.4) is 0 Å². The predicted molar refractivity (Wildman–Crippen MR) is 133 cm³/mol. The van der Waals surface area contributed by atoms with Crippen LogP contribution >= 0.6 is 0 Å². The van der Waals surface area contributed by atoms with Crippen LogP contribution in [0.5, 0.6) is 0 Å². The first-order chi connectivity index (χ1) is 16.9. The summed E-state index contributed by atoms with van der Waals surface area (Å²) in [5, 5.41) is 0. The normalized spacial score (nSPS) is 26.6. The van der Waals surface area contributed by atoms with Crippen molar-refractivity contribution in [2.45, 2.75) is 58.5 Å². The number of methoxy groups -OCH3 is 1. The molecular formula is C29H38N2O4. The Balaban J connectivity index is 1.34. The number of nitrogens with zero attached hydrogens (tertiary/aromatic N) is 2. The van der Waals surface area contributed by atoms with Gasteiger partial charge >= 0.3 is 0 Å². The lowest BCUT2D eigenvalue weighted by molar-refractivity contribution is -0.161.